The minimum absolute atomic E-state index is 0.0439. The van der Waals surface area contributed by atoms with Gasteiger partial charge in [0.25, 0.3) is 0 Å². The molecular weight excluding hydrogens is 243 g/mol. The molecule has 1 unspecified atom stereocenters. The maximum atomic E-state index is 9.51. The molecule has 100 valence electrons. The fourth-order valence-corrected chi connectivity index (χ4v) is 2.74. The van der Waals surface area contributed by atoms with Gasteiger partial charge in [0.1, 0.15) is 0 Å². The topological polar surface area (TPSA) is 67.5 Å². The number of nitrogens with zero attached hydrogens (tertiary/aromatic N) is 2. The van der Waals surface area contributed by atoms with Crippen molar-refractivity contribution in [3.8, 4) is 0 Å². The van der Waals surface area contributed by atoms with E-state index >= 15 is 0 Å². The third-order valence-electron chi connectivity index (χ3n) is 3.73. The number of hydrogen-bond acceptors (Lipinski definition) is 4. The van der Waals surface area contributed by atoms with Crippen molar-refractivity contribution in [3.05, 3.63) is 23.9 Å². The lowest BCUT2D eigenvalue weighted by Crippen LogP contribution is -2.32. The van der Waals surface area contributed by atoms with Gasteiger partial charge in [-0.3, -0.25) is 0 Å². The molecule has 3 rings (SSSR count). The van der Waals surface area contributed by atoms with Gasteiger partial charge in [-0.2, -0.15) is 5.10 Å². The van der Waals surface area contributed by atoms with Crippen molar-refractivity contribution in [3.63, 3.8) is 0 Å². The first-order chi connectivity index (χ1) is 9.18. The maximum Gasteiger partial charge on any atom is 0.489 e. The number of ether oxygens (including phenoxy) is 1. The molecule has 2 heterocycles. The van der Waals surface area contributed by atoms with Crippen LogP contribution in [0.3, 0.4) is 0 Å². The number of hydrogen-bond donors (Lipinski definition) is 2. The second kappa shape index (κ2) is 4.96. The van der Waals surface area contributed by atoms with E-state index < -0.39 is 7.12 Å². The van der Waals surface area contributed by atoms with Crippen molar-refractivity contribution in [2.45, 2.75) is 32.4 Å². The zero-order valence-corrected chi connectivity index (χ0v) is 10.9. The van der Waals surface area contributed by atoms with Crippen LogP contribution in [0.4, 0.5) is 0 Å². The fraction of sp³-hybridized carbons (Fsp3) is 0.462. The van der Waals surface area contributed by atoms with Crippen LogP contribution in [0.25, 0.3) is 10.9 Å². The lowest BCUT2D eigenvalue weighted by Gasteiger charge is -2.23. The van der Waals surface area contributed by atoms with Crippen LogP contribution in [-0.2, 0) is 4.74 Å². The molecule has 19 heavy (non-hydrogen) atoms. The third-order valence-corrected chi connectivity index (χ3v) is 3.73. The zero-order valence-electron chi connectivity index (χ0n) is 10.9. The van der Waals surface area contributed by atoms with E-state index in [4.69, 9.17) is 4.74 Å². The Hall–Kier alpha value is -1.37. The highest BCUT2D eigenvalue weighted by molar-refractivity contribution is 6.62. The van der Waals surface area contributed by atoms with Crippen LogP contribution in [0.2, 0.25) is 0 Å². The van der Waals surface area contributed by atoms with Gasteiger partial charge < -0.3 is 14.8 Å². The van der Waals surface area contributed by atoms with Crippen molar-refractivity contribution >= 4 is 23.5 Å². The van der Waals surface area contributed by atoms with Gasteiger partial charge in [-0.05, 0) is 37.7 Å². The van der Waals surface area contributed by atoms with Gasteiger partial charge in [-0.1, -0.05) is 11.6 Å². The highest BCUT2D eigenvalue weighted by Gasteiger charge is 2.23. The van der Waals surface area contributed by atoms with Crippen LogP contribution in [-0.4, -0.2) is 33.6 Å². The number of rotatable bonds is 2. The summed E-state index contributed by atoms with van der Waals surface area (Å²) in [6.07, 6.45) is 4.82. The van der Waals surface area contributed by atoms with Crippen LogP contribution in [0.15, 0.2) is 18.3 Å². The smallest absolute Gasteiger partial charge is 0.423 e. The Morgan fingerprint density at radius 3 is 2.89 bits per heavy atom. The van der Waals surface area contributed by atoms with E-state index in [-0.39, 0.29) is 6.23 Å². The summed E-state index contributed by atoms with van der Waals surface area (Å²) < 4.78 is 7.58. The zero-order chi connectivity index (χ0) is 13.4. The van der Waals surface area contributed by atoms with Crippen LogP contribution in [0.1, 0.15) is 31.1 Å². The minimum atomic E-state index is -1.48. The standard InChI is InChI=1S/C13H17BN2O3/c1-9-5-6-11-10(13(9)14(17)18)8-15-16(11)12-4-2-3-7-19-12/h5-6,8,12,17-18H,2-4,7H2,1H3. The highest BCUT2D eigenvalue weighted by atomic mass is 16.5. The Kier molecular flexibility index (Phi) is 3.30. The monoisotopic (exact) mass is 260 g/mol. The Labute approximate surface area is 111 Å². The second-order valence-electron chi connectivity index (χ2n) is 5.01. The number of aryl methyl sites for hydroxylation is 1. The molecule has 1 fully saturated rings. The fourth-order valence-electron chi connectivity index (χ4n) is 2.74. The van der Waals surface area contributed by atoms with Crippen LogP contribution in [0.5, 0.6) is 0 Å². The summed E-state index contributed by atoms with van der Waals surface area (Å²) in [5.74, 6) is 0. The van der Waals surface area contributed by atoms with Gasteiger partial charge in [-0.25, -0.2) is 4.68 Å². The van der Waals surface area contributed by atoms with Crippen LogP contribution in [0, 0.1) is 6.92 Å². The molecule has 1 atom stereocenters. The van der Waals surface area contributed by atoms with Crippen LogP contribution >= 0.6 is 0 Å². The third kappa shape index (κ3) is 2.16. The molecule has 0 radical (unpaired) electrons. The maximum absolute atomic E-state index is 9.51. The van der Waals surface area contributed by atoms with E-state index in [1.807, 2.05) is 23.7 Å². The van der Waals surface area contributed by atoms with E-state index in [1.165, 1.54) is 0 Å². The average Bonchev–Trinajstić information content (AvgIpc) is 2.82. The molecule has 1 aliphatic heterocycles. The average molecular weight is 260 g/mol. The highest BCUT2D eigenvalue weighted by Crippen LogP contribution is 2.25. The minimum Gasteiger partial charge on any atom is -0.423 e. The molecule has 1 aromatic carbocycles. The van der Waals surface area contributed by atoms with Crippen LogP contribution < -0.4 is 5.46 Å². The van der Waals surface area contributed by atoms with Crippen molar-refractivity contribution < 1.29 is 14.8 Å². The molecule has 2 aromatic rings. The van der Waals surface area contributed by atoms with Crippen molar-refractivity contribution in [1.29, 1.82) is 0 Å². The molecule has 6 heteroatoms. The Morgan fingerprint density at radius 1 is 1.37 bits per heavy atom. The molecular formula is C13H17BN2O3. The summed E-state index contributed by atoms with van der Waals surface area (Å²) in [4.78, 5) is 0. The van der Waals surface area contributed by atoms with Crippen molar-refractivity contribution in [2.75, 3.05) is 6.61 Å². The molecule has 0 bridgehead atoms. The summed E-state index contributed by atoms with van der Waals surface area (Å²) in [6, 6.07) is 3.85. The van der Waals surface area contributed by atoms with Gasteiger partial charge in [0, 0.05) is 12.0 Å². The summed E-state index contributed by atoms with van der Waals surface area (Å²) in [5, 5.41) is 24.2. The Balaban J connectivity index is 2.10. The van der Waals surface area contributed by atoms with Crippen molar-refractivity contribution in [2.24, 2.45) is 0 Å². The first kappa shape index (κ1) is 12.7. The quantitative estimate of drug-likeness (QED) is 0.781. The lowest BCUT2D eigenvalue weighted by atomic mass is 9.75. The van der Waals surface area contributed by atoms with Gasteiger partial charge >= 0.3 is 7.12 Å². The first-order valence-electron chi connectivity index (χ1n) is 6.63. The van der Waals surface area contributed by atoms with Gasteiger partial charge in [0.05, 0.1) is 11.7 Å². The summed E-state index contributed by atoms with van der Waals surface area (Å²) >= 11 is 0. The molecule has 0 saturated carbocycles. The summed E-state index contributed by atoms with van der Waals surface area (Å²) in [7, 11) is -1.48. The number of fused-ring (bicyclic) bond motifs is 1. The molecule has 1 aliphatic rings. The Bertz CT molecular complexity index is 591. The predicted molar refractivity (Wildman–Crippen MR) is 73.1 cm³/mol. The summed E-state index contributed by atoms with van der Waals surface area (Å²) in [5.41, 5.74) is 2.27. The van der Waals surface area contributed by atoms with E-state index in [9.17, 15) is 10.0 Å². The van der Waals surface area contributed by atoms with E-state index in [0.29, 0.717) is 5.46 Å². The SMILES string of the molecule is Cc1ccc2c(cnn2C2CCCCO2)c1B(O)O. The molecule has 1 saturated heterocycles. The summed E-state index contributed by atoms with van der Waals surface area (Å²) in [6.45, 7) is 2.62. The molecule has 1 aromatic heterocycles. The second-order valence-corrected chi connectivity index (χ2v) is 5.01. The molecule has 0 aliphatic carbocycles. The van der Waals surface area contributed by atoms with Gasteiger partial charge in [0.15, 0.2) is 6.23 Å². The first-order valence-corrected chi connectivity index (χ1v) is 6.63. The molecule has 0 amide bonds. The van der Waals surface area contributed by atoms with E-state index in [1.54, 1.807) is 6.20 Å². The Morgan fingerprint density at radius 2 is 2.21 bits per heavy atom. The molecule has 5 nitrogen and oxygen atoms in total. The van der Waals surface area contributed by atoms with Gasteiger partial charge in [0.2, 0.25) is 0 Å². The molecule has 0 spiro atoms. The normalized spacial score (nSPS) is 19.8. The predicted octanol–water partition coefficient (Wildman–Crippen LogP) is 0.724. The number of aromatic nitrogens is 2. The van der Waals surface area contributed by atoms with E-state index in [0.717, 1.165) is 42.3 Å². The largest absolute Gasteiger partial charge is 0.489 e. The van der Waals surface area contributed by atoms with E-state index in [2.05, 4.69) is 5.10 Å². The number of benzene rings is 1. The molecule has 2 N–H and O–H groups in total. The lowest BCUT2D eigenvalue weighted by molar-refractivity contribution is -0.0366. The van der Waals surface area contributed by atoms with Crippen molar-refractivity contribution in [1.82, 2.24) is 9.78 Å². The van der Waals surface area contributed by atoms with Gasteiger partial charge in [-0.15, -0.1) is 0 Å².